The van der Waals surface area contributed by atoms with Crippen molar-refractivity contribution in [1.82, 2.24) is 14.3 Å². The van der Waals surface area contributed by atoms with Gasteiger partial charge in [-0.15, -0.1) is 0 Å². The van der Waals surface area contributed by atoms with Gasteiger partial charge in [0.15, 0.2) is 0 Å². The standard InChI is InChI=1S/C22H24ClN3O/c1-22(17-9-5-3-6-10-17)13-14-25(16-22)15-19-20(23)21(27)26(24(19)2)18-11-7-4-8-12-18/h3-12H,13-16H2,1-2H3. The third kappa shape index (κ3) is 3.24. The van der Waals surface area contributed by atoms with E-state index in [1.165, 1.54) is 5.56 Å². The maximum Gasteiger partial charge on any atom is 0.290 e. The first-order chi connectivity index (χ1) is 13.0. The Kier molecular flexibility index (Phi) is 4.70. The van der Waals surface area contributed by atoms with Crippen molar-refractivity contribution in [3.05, 3.63) is 87.3 Å². The molecular weight excluding hydrogens is 358 g/mol. The molecule has 4 nitrogen and oxygen atoms in total. The van der Waals surface area contributed by atoms with Gasteiger partial charge in [-0.2, -0.15) is 0 Å². The van der Waals surface area contributed by atoms with Gasteiger partial charge in [-0.05, 0) is 30.7 Å². The SMILES string of the molecule is Cn1c(CN2CCC(C)(c3ccccc3)C2)c(Cl)c(=O)n1-c1ccccc1. The zero-order chi connectivity index (χ0) is 19.0. The summed E-state index contributed by atoms with van der Waals surface area (Å²) in [5.74, 6) is 0. The van der Waals surface area contributed by atoms with Gasteiger partial charge >= 0.3 is 0 Å². The van der Waals surface area contributed by atoms with Crippen LogP contribution in [0.5, 0.6) is 0 Å². The van der Waals surface area contributed by atoms with Crippen LogP contribution in [0.2, 0.25) is 5.02 Å². The molecule has 1 unspecified atom stereocenters. The largest absolute Gasteiger partial charge is 0.297 e. The van der Waals surface area contributed by atoms with Gasteiger partial charge in [0.2, 0.25) is 0 Å². The van der Waals surface area contributed by atoms with Gasteiger partial charge in [0.1, 0.15) is 5.02 Å². The molecule has 2 aromatic carbocycles. The summed E-state index contributed by atoms with van der Waals surface area (Å²) in [5.41, 5.74) is 3.03. The van der Waals surface area contributed by atoms with E-state index in [1.54, 1.807) is 4.68 Å². The summed E-state index contributed by atoms with van der Waals surface area (Å²) in [6.07, 6.45) is 1.10. The Balaban J connectivity index is 1.60. The van der Waals surface area contributed by atoms with Crippen molar-refractivity contribution < 1.29 is 0 Å². The monoisotopic (exact) mass is 381 g/mol. The predicted molar refractivity (Wildman–Crippen MR) is 110 cm³/mol. The fourth-order valence-electron chi connectivity index (χ4n) is 4.13. The Bertz CT molecular complexity index is 994. The molecule has 1 saturated heterocycles. The van der Waals surface area contributed by atoms with E-state index in [0.29, 0.717) is 11.6 Å². The number of benzene rings is 2. The molecule has 0 spiro atoms. The van der Waals surface area contributed by atoms with Crippen LogP contribution in [0.1, 0.15) is 24.6 Å². The third-order valence-corrected chi connectivity index (χ3v) is 6.10. The maximum absolute atomic E-state index is 12.7. The summed E-state index contributed by atoms with van der Waals surface area (Å²) < 4.78 is 3.53. The maximum atomic E-state index is 12.7. The molecule has 0 bridgehead atoms. The second kappa shape index (κ2) is 7.02. The fraction of sp³-hybridized carbons (Fsp3) is 0.318. The van der Waals surface area contributed by atoms with E-state index < -0.39 is 0 Å². The molecule has 3 aromatic rings. The Morgan fingerprint density at radius 3 is 2.33 bits per heavy atom. The van der Waals surface area contributed by atoms with Crippen molar-refractivity contribution in [2.24, 2.45) is 7.05 Å². The van der Waals surface area contributed by atoms with Crippen molar-refractivity contribution in [3.63, 3.8) is 0 Å². The van der Waals surface area contributed by atoms with Gasteiger partial charge in [-0.3, -0.25) is 14.4 Å². The fourth-order valence-corrected chi connectivity index (χ4v) is 4.39. The smallest absolute Gasteiger partial charge is 0.290 e. The summed E-state index contributed by atoms with van der Waals surface area (Å²) in [7, 11) is 1.90. The lowest BCUT2D eigenvalue weighted by Crippen LogP contribution is -2.28. The van der Waals surface area contributed by atoms with Gasteiger partial charge < -0.3 is 0 Å². The summed E-state index contributed by atoms with van der Waals surface area (Å²) in [6, 6.07) is 20.3. The average molecular weight is 382 g/mol. The first-order valence-electron chi connectivity index (χ1n) is 9.29. The molecule has 1 aliphatic heterocycles. The molecule has 1 aromatic heterocycles. The van der Waals surface area contributed by atoms with Crippen LogP contribution < -0.4 is 5.56 Å². The molecule has 1 atom stereocenters. The van der Waals surface area contributed by atoms with Crippen molar-refractivity contribution in [2.75, 3.05) is 13.1 Å². The number of hydrogen-bond acceptors (Lipinski definition) is 2. The quantitative estimate of drug-likeness (QED) is 0.684. The molecule has 1 aliphatic rings. The molecule has 1 fully saturated rings. The average Bonchev–Trinajstić information content (AvgIpc) is 3.17. The van der Waals surface area contributed by atoms with Crippen molar-refractivity contribution >= 4 is 11.6 Å². The van der Waals surface area contributed by atoms with E-state index in [2.05, 4.69) is 42.2 Å². The number of likely N-dealkylation sites (tertiary alicyclic amines) is 1. The van der Waals surface area contributed by atoms with Crippen molar-refractivity contribution in [2.45, 2.75) is 25.3 Å². The number of aromatic nitrogens is 2. The number of halogens is 1. The lowest BCUT2D eigenvalue weighted by molar-refractivity contribution is 0.299. The van der Waals surface area contributed by atoms with E-state index in [1.807, 2.05) is 42.1 Å². The van der Waals surface area contributed by atoms with E-state index >= 15 is 0 Å². The molecule has 27 heavy (non-hydrogen) atoms. The molecule has 2 heterocycles. The first-order valence-corrected chi connectivity index (χ1v) is 9.67. The van der Waals surface area contributed by atoms with Crippen molar-refractivity contribution in [1.29, 1.82) is 0 Å². The van der Waals surface area contributed by atoms with E-state index in [4.69, 9.17) is 11.6 Å². The minimum atomic E-state index is -0.162. The molecule has 0 saturated carbocycles. The van der Waals surface area contributed by atoms with Crippen LogP contribution in [0.4, 0.5) is 0 Å². The first kappa shape index (κ1) is 18.1. The Labute approximate surface area is 164 Å². The number of para-hydroxylation sites is 1. The lowest BCUT2D eigenvalue weighted by atomic mass is 9.82. The zero-order valence-corrected chi connectivity index (χ0v) is 16.5. The number of rotatable bonds is 4. The molecule has 0 N–H and O–H groups in total. The van der Waals surface area contributed by atoms with Crippen molar-refractivity contribution in [3.8, 4) is 5.69 Å². The van der Waals surface area contributed by atoms with Gasteiger partial charge in [-0.25, -0.2) is 4.68 Å². The van der Waals surface area contributed by atoms with E-state index in [-0.39, 0.29) is 11.0 Å². The summed E-state index contributed by atoms with van der Waals surface area (Å²) in [4.78, 5) is 15.1. The summed E-state index contributed by atoms with van der Waals surface area (Å²) in [6.45, 7) is 4.94. The van der Waals surface area contributed by atoms with Crippen LogP contribution in [0, 0.1) is 0 Å². The van der Waals surface area contributed by atoms with E-state index in [9.17, 15) is 4.79 Å². The second-order valence-electron chi connectivity index (χ2n) is 7.62. The third-order valence-electron chi connectivity index (χ3n) is 5.72. The van der Waals surface area contributed by atoms with Gasteiger partial charge in [0, 0.05) is 25.6 Å². The second-order valence-corrected chi connectivity index (χ2v) is 8.00. The number of hydrogen-bond donors (Lipinski definition) is 0. The topological polar surface area (TPSA) is 30.2 Å². The normalized spacial score (nSPS) is 20.3. The summed E-state index contributed by atoms with van der Waals surface area (Å²) in [5, 5.41) is 0.315. The van der Waals surface area contributed by atoms with Crippen LogP contribution in [0.3, 0.4) is 0 Å². The van der Waals surface area contributed by atoms with Crippen LogP contribution in [-0.4, -0.2) is 27.4 Å². The van der Waals surface area contributed by atoms with Crippen LogP contribution in [0.15, 0.2) is 65.5 Å². The minimum absolute atomic E-state index is 0.134. The van der Waals surface area contributed by atoms with Crippen LogP contribution >= 0.6 is 11.6 Å². The molecule has 5 heteroatoms. The van der Waals surface area contributed by atoms with E-state index in [0.717, 1.165) is 30.9 Å². The molecule has 0 amide bonds. The minimum Gasteiger partial charge on any atom is -0.297 e. The highest BCUT2D eigenvalue weighted by molar-refractivity contribution is 6.31. The van der Waals surface area contributed by atoms with Crippen LogP contribution in [-0.2, 0) is 19.0 Å². The molecule has 0 radical (unpaired) electrons. The highest BCUT2D eigenvalue weighted by Crippen LogP contribution is 2.35. The van der Waals surface area contributed by atoms with Crippen LogP contribution in [0.25, 0.3) is 5.69 Å². The highest BCUT2D eigenvalue weighted by atomic mass is 35.5. The Morgan fingerprint density at radius 1 is 1.04 bits per heavy atom. The Morgan fingerprint density at radius 2 is 1.67 bits per heavy atom. The predicted octanol–water partition coefficient (Wildman–Crippen LogP) is 3.99. The molecule has 4 rings (SSSR count). The van der Waals surface area contributed by atoms with Gasteiger partial charge in [-0.1, -0.05) is 67.1 Å². The zero-order valence-electron chi connectivity index (χ0n) is 15.7. The lowest BCUT2D eigenvalue weighted by Gasteiger charge is -2.25. The molecule has 0 aliphatic carbocycles. The van der Waals surface area contributed by atoms with Gasteiger partial charge in [0.25, 0.3) is 5.56 Å². The van der Waals surface area contributed by atoms with Gasteiger partial charge in [0.05, 0.1) is 11.4 Å². The summed E-state index contributed by atoms with van der Waals surface area (Å²) >= 11 is 6.45. The molecular formula is C22H24ClN3O. The number of nitrogens with zero attached hydrogens (tertiary/aromatic N) is 3. The molecule has 140 valence electrons. The Hall–Kier alpha value is -2.30. The highest BCUT2D eigenvalue weighted by Gasteiger charge is 2.36.